The molecule has 0 bridgehead atoms. The van der Waals surface area contributed by atoms with Gasteiger partial charge >= 0.3 is 6.18 Å². The molecule has 0 atom stereocenters. The largest absolute Gasteiger partial charge is 0.422 e. The second-order valence-corrected chi connectivity index (χ2v) is 9.01. The molecular weight excluding hydrogens is 546 g/mol. The Kier molecular flexibility index (Phi) is 7.18. The van der Waals surface area contributed by atoms with E-state index in [1.165, 1.54) is 0 Å². The molecule has 3 aromatic carbocycles. The zero-order chi connectivity index (χ0) is 27.2. The Labute approximate surface area is 216 Å². The van der Waals surface area contributed by atoms with Crippen molar-refractivity contribution in [3.8, 4) is 0 Å². The molecule has 12 heteroatoms. The van der Waals surface area contributed by atoms with Crippen molar-refractivity contribution in [1.82, 2.24) is 4.57 Å². The maximum absolute atomic E-state index is 14.2. The molecule has 3 nitrogen and oxygen atoms in total. The quantitative estimate of drug-likeness (QED) is 0.112. The van der Waals surface area contributed by atoms with Gasteiger partial charge in [0.25, 0.3) is 0 Å². The van der Waals surface area contributed by atoms with E-state index in [0.29, 0.717) is 33.2 Å². The molecule has 194 valence electrons. The summed E-state index contributed by atoms with van der Waals surface area (Å²) in [5, 5.41) is 5.27. The number of fused-ring (bicyclic) bond motifs is 1. The summed E-state index contributed by atoms with van der Waals surface area (Å²) in [5.74, 6) is -9.66. The third-order valence-electron chi connectivity index (χ3n) is 5.85. The topological polar surface area (TPSA) is 29.3 Å². The highest BCUT2D eigenvalue weighted by Gasteiger charge is 2.42. The summed E-state index contributed by atoms with van der Waals surface area (Å²) in [4.78, 5) is 0. The van der Waals surface area contributed by atoms with Crippen molar-refractivity contribution in [2.45, 2.75) is 26.6 Å². The normalized spacial score (nSPS) is 12.2. The minimum atomic E-state index is -5.64. The summed E-state index contributed by atoms with van der Waals surface area (Å²) in [6.45, 7) is 3.96. The molecular formula is C25H16Cl2F7N3. The van der Waals surface area contributed by atoms with E-state index in [1.54, 1.807) is 42.7 Å². The summed E-state index contributed by atoms with van der Waals surface area (Å²) in [6.07, 6.45) is -4.48. The lowest BCUT2D eigenvalue weighted by Crippen LogP contribution is -2.16. The second kappa shape index (κ2) is 9.90. The van der Waals surface area contributed by atoms with Crippen molar-refractivity contribution in [3.05, 3.63) is 97.7 Å². The zero-order valence-corrected chi connectivity index (χ0v) is 20.6. The van der Waals surface area contributed by atoms with Gasteiger partial charge in [0.15, 0.2) is 23.3 Å². The Morgan fingerprint density at radius 3 is 2.19 bits per heavy atom. The number of benzene rings is 3. The van der Waals surface area contributed by atoms with Crippen LogP contribution in [-0.2, 0) is 12.7 Å². The Bertz CT molecular complexity index is 1530. The molecule has 0 amide bonds. The predicted molar refractivity (Wildman–Crippen MR) is 129 cm³/mol. The maximum Gasteiger partial charge on any atom is 0.422 e. The first-order chi connectivity index (χ1) is 17.3. The number of anilines is 1. The van der Waals surface area contributed by atoms with E-state index >= 15 is 0 Å². The fraction of sp³-hybridized carbons (Fsp3) is 0.160. The fourth-order valence-corrected chi connectivity index (χ4v) is 4.53. The molecule has 37 heavy (non-hydrogen) atoms. The SMILES string of the molecule is Cc1cccc2c(/C=N/Nc3c(F)c(F)c(C(F)(F)F)c(F)c3F)c(C)n(Cc3ccc(Cl)cc3Cl)c12. The van der Waals surface area contributed by atoms with Crippen LogP contribution >= 0.6 is 23.2 Å². The summed E-state index contributed by atoms with van der Waals surface area (Å²) in [7, 11) is 0. The average molecular weight is 562 g/mol. The molecule has 0 aliphatic heterocycles. The summed E-state index contributed by atoms with van der Waals surface area (Å²) >= 11 is 12.3. The van der Waals surface area contributed by atoms with E-state index in [-0.39, 0.29) is 0 Å². The van der Waals surface area contributed by atoms with Crippen molar-refractivity contribution < 1.29 is 30.7 Å². The summed E-state index contributed by atoms with van der Waals surface area (Å²) in [5.41, 5.74) is 1.25. The Hall–Kier alpha value is -3.24. The van der Waals surface area contributed by atoms with E-state index in [9.17, 15) is 30.7 Å². The van der Waals surface area contributed by atoms with E-state index in [1.807, 2.05) is 17.6 Å². The van der Waals surface area contributed by atoms with Crippen LogP contribution in [0.25, 0.3) is 10.9 Å². The summed E-state index contributed by atoms with van der Waals surface area (Å²) < 4.78 is 96.7. The third-order valence-corrected chi connectivity index (χ3v) is 6.44. The molecule has 1 aromatic heterocycles. The zero-order valence-electron chi connectivity index (χ0n) is 19.0. The van der Waals surface area contributed by atoms with Gasteiger partial charge in [-0.1, -0.05) is 47.5 Å². The smallest absolute Gasteiger partial charge is 0.340 e. The van der Waals surface area contributed by atoms with E-state index < -0.39 is 40.7 Å². The highest BCUT2D eigenvalue weighted by Crippen LogP contribution is 2.38. The lowest BCUT2D eigenvalue weighted by molar-refractivity contribution is -0.143. The molecule has 4 aromatic rings. The van der Waals surface area contributed by atoms with Crippen LogP contribution in [0, 0.1) is 37.1 Å². The van der Waals surface area contributed by atoms with Gasteiger partial charge in [0.05, 0.1) is 11.7 Å². The van der Waals surface area contributed by atoms with Crippen molar-refractivity contribution in [2.24, 2.45) is 5.10 Å². The molecule has 0 spiro atoms. The second-order valence-electron chi connectivity index (χ2n) is 8.17. The molecule has 0 aliphatic rings. The van der Waals surface area contributed by atoms with Crippen LogP contribution in [0.2, 0.25) is 10.0 Å². The van der Waals surface area contributed by atoms with Gasteiger partial charge < -0.3 is 4.57 Å². The maximum atomic E-state index is 14.2. The third kappa shape index (κ3) is 4.87. The van der Waals surface area contributed by atoms with Crippen molar-refractivity contribution >= 4 is 46.0 Å². The number of aromatic nitrogens is 1. The molecule has 4 rings (SSSR count). The highest BCUT2D eigenvalue weighted by molar-refractivity contribution is 6.35. The Morgan fingerprint density at radius 2 is 1.59 bits per heavy atom. The number of hydrogen-bond acceptors (Lipinski definition) is 2. The number of hydrazone groups is 1. The van der Waals surface area contributed by atoms with E-state index in [4.69, 9.17) is 23.2 Å². The van der Waals surface area contributed by atoms with Crippen molar-refractivity contribution in [2.75, 3.05) is 5.43 Å². The van der Waals surface area contributed by atoms with Crippen LogP contribution < -0.4 is 5.43 Å². The average Bonchev–Trinajstić information content (AvgIpc) is 3.07. The predicted octanol–water partition coefficient (Wildman–Crippen LogP) is 8.63. The van der Waals surface area contributed by atoms with Gasteiger partial charge in [-0.25, -0.2) is 17.6 Å². The van der Waals surface area contributed by atoms with Gasteiger partial charge in [0, 0.05) is 33.2 Å². The number of nitrogens with zero attached hydrogens (tertiary/aromatic N) is 2. The van der Waals surface area contributed by atoms with Crippen LogP contribution in [0.4, 0.5) is 36.4 Å². The summed E-state index contributed by atoms with van der Waals surface area (Å²) in [6, 6.07) is 10.5. The first-order valence-corrected chi connectivity index (χ1v) is 11.3. The number of para-hydroxylation sites is 1. The first kappa shape index (κ1) is 26.8. The number of halogens is 9. The molecule has 0 fully saturated rings. The number of hydrogen-bond donors (Lipinski definition) is 1. The number of rotatable bonds is 5. The number of aryl methyl sites for hydroxylation is 1. The van der Waals surface area contributed by atoms with Crippen molar-refractivity contribution in [1.29, 1.82) is 0 Å². The molecule has 0 aliphatic carbocycles. The number of nitrogens with one attached hydrogen (secondary N) is 1. The lowest BCUT2D eigenvalue weighted by atomic mass is 10.1. The van der Waals surface area contributed by atoms with Crippen molar-refractivity contribution in [3.63, 3.8) is 0 Å². The van der Waals surface area contributed by atoms with Gasteiger partial charge in [-0.05, 0) is 37.1 Å². The fourth-order valence-electron chi connectivity index (χ4n) is 4.06. The lowest BCUT2D eigenvalue weighted by Gasteiger charge is -2.13. The van der Waals surface area contributed by atoms with Crippen LogP contribution in [-0.4, -0.2) is 10.8 Å². The molecule has 1 N–H and O–H groups in total. The van der Waals surface area contributed by atoms with Crippen LogP contribution in [0.3, 0.4) is 0 Å². The highest BCUT2D eigenvalue weighted by atomic mass is 35.5. The van der Waals surface area contributed by atoms with E-state index in [0.717, 1.165) is 22.9 Å². The van der Waals surface area contributed by atoms with Crippen LogP contribution in [0.5, 0.6) is 0 Å². The minimum absolute atomic E-state index is 0.336. The van der Waals surface area contributed by atoms with E-state index in [2.05, 4.69) is 5.10 Å². The Morgan fingerprint density at radius 1 is 0.946 bits per heavy atom. The standard InChI is InChI=1S/C25H16Cl2F7N3/c1-11-4-3-5-15-16(12(2)37(24(11)15)10-13-6-7-14(26)8-17(13)27)9-35-36-23-21(30)19(28)18(25(32,33)34)20(29)22(23)31/h3-9,36H,10H2,1-2H3/b35-9+. The molecule has 1 heterocycles. The van der Waals surface area contributed by atoms with Gasteiger partial charge in [0.1, 0.15) is 11.3 Å². The number of alkyl halides is 3. The molecule has 0 unspecified atom stereocenters. The molecule has 0 saturated carbocycles. The molecule has 0 saturated heterocycles. The monoisotopic (exact) mass is 561 g/mol. The van der Waals surface area contributed by atoms with Gasteiger partial charge in [0.2, 0.25) is 0 Å². The Balaban J connectivity index is 1.76. The van der Waals surface area contributed by atoms with Crippen LogP contribution in [0.1, 0.15) is 27.9 Å². The molecule has 0 radical (unpaired) electrons. The first-order valence-electron chi connectivity index (χ1n) is 10.6. The van der Waals surface area contributed by atoms with Gasteiger partial charge in [-0.2, -0.15) is 18.3 Å². The van der Waals surface area contributed by atoms with Gasteiger partial charge in [-0.3, -0.25) is 5.43 Å². The van der Waals surface area contributed by atoms with Crippen LogP contribution in [0.15, 0.2) is 41.5 Å². The van der Waals surface area contributed by atoms with Gasteiger partial charge in [-0.15, -0.1) is 0 Å². The minimum Gasteiger partial charge on any atom is -0.340 e.